The van der Waals surface area contributed by atoms with Gasteiger partial charge in [0, 0.05) is 17.1 Å². The Morgan fingerprint density at radius 3 is 1.86 bits per heavy atom. The standard InChI is InChI=1S/C27H17N/c1-3-9-21-18(7-1)13-14-20-17-28-27(16-25(20)21)26-15-19-8-2-4-10-22(19)23-11-5-6-12-24(23)26/h1-17H. The minimum atomic E-state index is 1.02. The third-order valence-electron chi connectivity index (χ3n) is 5.67. The first-order valence-corrected chi connectivity index (χ1v) is 9.57. The fraction of sp³-hybridized carbons (Fsp3) is 0. The number of pyridine rings is 1. The zero-order valence-electron chi connectivity index (χ0n) is 15.3. The smallest absolute Gasteiger partial charge is 0.0715 e. The second-order valence-electron chi connectivity index (χ2n) is 7.27. The molecule has 0 saturated carbocycles. The topological polar surface area (TPSA) is 12.9 Å². The van der Waals surface area contributed by atoms with Crippen LogP contribution in [-0.2, 0) is 0 Å². The highest BCUT2D eigenvalue weighted by atomic mass is 14.7. The lowest BCUT2D eigenvalue weighted by atomic mass is 9.94. The predicted octanol–water partition coefficient (Wildman–Crippen LogP) is 7.36. The maximum absolute atomic E-state index is 4.84. The molecule has 1 heteroatoms. The molecule has 0 bridgehead atoms. The molecule has 0 aliphatic rings. The van der Waals surface area contributed by atoms with Crippen molar-refractivity contribution in [2.45, 2.75) is 0 Å². The molecule has 0 radical (unpaired) electrons. The summed E-state index contributed by atoms with van der Waals surface area (Å²) < 4.78 is 0. The molecule has 28 heavy (non-hydrogen) atoms. The maximum Gasteiger partial charge on any atom is 0.0715 e. The Balaban J connectivity index is 1.73. The predicted molar refractivity (Wildman–Crippen MR) is 120 cm³/mol. The van der Waals surface area contributed by atoms with E-state index in [0.29, 0.717) is 0 Å². The minimum absolute atomic E-state index is 1.02. The van der Waals surface area contributed by atoms with E-state index >= 15 is 0 Å². The quantitative estimate of drug-likeness (QED) is 0.281. The molecule has 0 spiro atoms. The number of nitrogens with zero attached hydrogens (tertiary/aromatic N) is 1. The van der Waals surface area contributed by atoms with Crippen molar-refractivity contribution in [3.63, 3.8) is 0 Å². The molecule has 0 N–H and O–H groups in total. The van der Waals surface area contributed by atoms with E-state index in [9.17, 15) is 0 Å². The van der Waals surface area contributed by atoms with Gasteiger partial charge in [0.2, 0.25) is 0 Å². The van der Waals surface area contributed by atoms with Crippen LogP contribution in [0.25, 0.3) is 54.3 Å². The summed E-state index contributed by atoms with van der Waals surface area (Å²) in [5, 5.41) is 10.0. The molecule has 130 valence electrons. The average Bonchev–Trinajstić information content (AvgIpc) is 2.78. The van der Waals surface area contributed by atoms with Gasteiger partial charge in [0.1, 0.15) is 0 Å². The summed E-state index contributed by atoms with van der Waals surface area (Å²) in [6.07, 6.45) is 2.00. The molecule has 6 aromatic rings. The first kappa shape index (κ1) is 15.4. The van der Waals surface area contributed by atoms with Crippen LogP contribution in [0.3, 0.4) is 0 Å². The van der Waals surface area contributed by atoms with Crippen LogP contribution in [-0.4, -0.2) is 4.98 Å². The van der Waals surface area contributed by atoms with E-state index < -0.39 is 0 Å². The Morgan fingerprint density at radius 1 is 0.429 bits per heavy atom. The Bertz CT molecular complexity index is 1510. The van der Waals surface area contributed by atoms with E-state index in [1.807, 2.05) is 6.20 Å². The molecule has 1 nitrogen and oxygen atoms in total. The first-order chi connectivity index (χ1) is 13.9. The summed E-state index contributed by atoms with van der Waals surface area (Å²) in [6.45, 7) is 0. The van der Waals surface area contributed by atoms with Gasteiger partial charge in [0.25, 0.3) is 0 Å². The molecule has 0 amide bonds. The summed E-state index contributed by atoms with van der Waals surface area (Å²) in [5.41, 5.74) is 2.20. The van der Waals surface area contributed by atoms with Gasteiger partial charge < -0.3 is 0 Å². The van der Waals surface area contributed by atoms with Gasteiger partial charge in [-0.3, -0.25) is 4.98 Å². The molecule has 0 saturated heterocycles. The van der Waals surface area contributed by atoms with Crippen molar-refractivity contribution < 1.29 is 0 Å². The van der Waals surface area contributed by atoms with Gasteiger partial charge in [-0.2, -0.15) is 0 Å². The van der Waals surface area contributed by atoms with E-state index in [2.05, 4.69) is 97.1 Å². The van der Waals surface area contributed by atoms with E-state index in [1.165, 1.54) is 48.7 Å². The Labute approximate surface area is 162 Å². The summed E-state index contributed by atoms with van der Waals surface area (Å²) in [7, 11) is 0. The molecule has 0 aliphatic carbocycles. The third kappa shape index (κ3) is 2.23. The third-order valence-corrected chi connectivity index (χ3v) is 5.67. The van der Waals surface area contributed by atoms with Gasteiger partial charge in [0.05, 0.1) is 5.69 Å². The maximum atomic E-state index is 4.84. The highest BCUT2D eigenvalue weighted by Gasteiger charge is 2.10. The van der Waals surface area contributed by atoms with Gasteiger partial charge in [-0.1, -0.05) is 84.9 Å². The van der Waals surface area contributed by atoms with Crippen LogP contribution in [0.1, 0.15) is 0 Å². The summed E-state index contributed by atoms with van der Waals surface area (Å²) in [5.74, 6) is 0. The molecular weight excluding hydrogens is 338 g/mol. The normalized spacial score (nSPS) is 11.6. The van der Waals surface area contributed by atoms with E-state index in [-0.39, 0.29) is 0 Å². The number of benzene rings is 5. The van der Waals surface area contributed by atoms with Crippen molar-refractivity contribution >= 4 is 43.1 Å². The summed E-state index contributed by atoms with van der Waals surface area (Å²) in [6, 6.07) is 34.6. The van der Waals surface area contributed by atoms with E-state index in [4.69, 9.17) is 4.98 Å². The summed E-state index contributed by atoms with van der Waals surface area (Å²) in [4.78, 5) is 4.84. The van der Waals surface area contributed by atoms with Crippen molar-refractivity contribution in [3.8, 4) is 11.3 Å². The molecule has 5 aromatic carbocycles. The Morgan fingerprint density at radius 2 is 1.04 bits per heavy atom. The van der Waals surface area contributed by atoms with Gasteiger partial charge in [-0.05, 0) is 49.8 Å². The molecule has 1 heterocycles. The molecule has 0 atom stereocenters. The highest BCUT2D eigenvalue weighted by molar-refractivity contribution is 6.14. The van der Waals surface area contributed by atoms with Crippen molar-refractivity contribution in [3.05, 3.63) is 103 Å². The highest BCUT2D eigenvalue weighted by Crippen LogP contribution is 2.36. The van der Waals surface area contributed by atoms with Crippen molar-refractivity contribution in [2.24, 2.45) is 0 Å². The van der Waals surface area contributed by atoms with Crippen molar-refractivity contribution in [1.29, 1.82) is 0 Å². The number of hydrogen-bond donors (Lipinski definition) is 0. The second-order valence-corrected chi connectivity index (χ2v) is 7.27. The fourth-order valence-corrected chi connectivity index (χ4v) is 4.31. The molecule has 0 unspecified atom stereocenters. The zero-order chi connectivity index (χ0) is 18.5. The number of rotatable bonds is 1. The molecular formula is C27H17N. The number of hydrogen-bond acceptors (Lipinski definition) is 1. The minimum Gasteiger partial charge on any atom is -0.256 e. The fourth-order valence-electron chi connectivity index (χ4n) is 4.31. The SMILES string of the molecule is c1ccc2c(c1)ccc1cnc(-c3cc4ccccc4c4ccccc34)cc12. The lowest BCUT2D eigenvalue weighted by Crippen LogP contribution is -1.88. The van der Waals surface area contributed by atoms with Crippen LogP contribution in [0.15, 0.2) is 103 Å². The van der Waals surface area contributed by atoms with Crippen LogP contribution >= 0.6 is 0 Å². The Hall–Kier alpha value is -3.71. The van der Waals surface area contributed by atoms with E-state index in [1.54, 1.807) is 0 Å². The average molecular weight is 355 g/mol. The second kappa shape index (κ2) is 5.90. The van der Waals surface area contributed by atoms with Gasteiger partial charge in [-0.15, -0.1) is 0 Å². The lowest BCUT2D eigenvalue weighted by molar-refractivity contribution is 1.37. The van der Waals surface area contributed by atoms with Gasteiger partial charge >= 0.3 is 0 Å². The lowest BCUT2D eigenvalue weighted by Gasteiger charge is -2.12. The van der Waals surface area contributed by atoms with Crippen LogP contribution in [0, 0.1) is 0 Å². The number of fused-ring (bicyclic) bond motifs is 6. The van der Waals surface area contributed by atoms with Crippen LogP contribution in [0.5, 0.6) is 0 Å². The van der Waals surface area contributed by atoms with Gasteiger partial charge in [0.15, 0.2) is 0 Å². The zero-order valence-corrected chi connectivity index (χ0v) is 15.3. The molecule has 1 aromatic heterocycles. The van der Waals surface area contributed by atoms with Crippen LogP contribution in [0.4, 0.5) is 0 Å². The van der Waals surface area contributed by atoms with Crippen LogP contribution < -0.4 is 0 Å². The van der Waals surface area contributed by atoms with Gasteiger partial charge in [-0.25, -0.2) is 0 Å². The monoisotopic (exact) mass is 355 g/mol. The molecule has 0 fully saturated rings. The van der Waals surface area contributed by atoms with E-state index in [0.717, 1.165) is 5.69 Å². The molecule has 0 aliphatic heterocycles. The summed E-state index contributed by atoms with van der Waals surface area (Å²) >= 11 is 0. The molecule has 6 rings (SSSR count). The van der Waals surface area contributed by atoms with Crippen LogP contribution in [0.2, 0.25) is 0 Å². The Kier molecular flexibility index (Phi) is 3.24. The largest absolute Gasteiger partial charge is 0.256 e. The first-order valence-electron chi connectivity index (χ1n) is 9.57. The van der Waals surface area contributed by atoms with Crippen molar-refractivity contribution in [2.75, 3.05) is 0 Å². The van der Waals surface area contributed by atoms with Crippen molar-refractivity contribution in [1.82, 2.24) is 4.98 Å². The number of aromatic nitrogens is 1.